The third kappa shape index (κ3) is 2.51. The highest BCUT2D eigenvalue weighted by Crippen LogP contribution is 2.36. The number of fused-ring (bicyclic) bond motifs is 4. The van der Waals surface area contributed by atoms with Crippen LogP contribution in [0.5, 0.6) is 0 Å². The lowest BCUT2D eigenvalue weighted by Gasteiger charge is -2.08. The number of carbonyl (C=O) groups excluding carboxylic acids is 1. The Hall–Kier alpha value is -3.74. The number of nitrogens with zero attached hydrogens (tertiary/aromatic N) is 4. The fourth-order valence-corrected chi connectivity index (χ4v) is 4.08. The van der Waals surface area contributed by atoms with Crippen molar-refractivity contribution in [1.82, 2.24) is 18.7 Å². The van der Waals surface area contributed by atoms with Gasteiger partial charge in [0.1, 0.15) is 0 Å². The number of ketones is 1. The number of aryl methyl sites for hydroxylation is 1. The fourth-order valence-electron chi connectivity index (χ4n) is 4.08. The zero-order valence-corrected chi connectivity index (χ0v) is 16.0. The van der Waals surface area contributed by atoms with Crippen LogP contribution < -0.4 is 11.2 Å². The van der Waals surface area contributed by atoms with Crippen LogP contribution in [0.15, 0.2) is 58.4 Å². The monoisotopic (exact) mass is 386 g/mol. The maximum absolute atomic E-state index is 13.0. The van der Waals surface area contributed by atoms with E-state index in [2.05, 4.69) is 17.1 Å². The summed E-state index contributed by atoms with van der Waals surface area (Å²) in [6, 6.07) is 14.0. The van der Waals surface area contributed by atoms with Crippen LogP contribution in [0.2, 0.25) is 0 Å². The third-order valence-corrected chi connectivity index (χ3v) is 5.65. The van der Waals surface area contributed by atoms with Crippen LogP contribution in [0.1, 0.15) is 21.5 Å². The largest absolute Gasteiger partial charge is 0.332 e. The van der Waals surface area contributed by atoms with E-state index in [4.69, 9.17) is 0 Å². The highest BCUT2D eigenvalue weighted by atomic mass is 16.2. The van der Waals surface area contributed by atoms with Crippen molar-refractivity contribution < 1.29 is 4.79 Å². The molecule has 0 saturated carbocycles. The molecular formula is C22H18N4O3. The van der Waals surface area contributed by atoms with Gasteiger partial charge < -0.3 is 4.57 Å². The van der Waals surface area contributed by atoms with Crippen LogP contribution in [-0.2, 0) is 27.1 Å². The van der Waals surface area contributed by atoms with Gasteiger partial charge in [-0.3, -0.25) is 18.7 Å². The summed E-state index contributed by atoms with van der Waals surface area (Å²) in [6.07, 6.45) is 2.25. The summed E-state index contributed by atoms with van der Waals surface area (Å²) in [5, 5.41) is 0. The van der Waals surface area contributed by atoms with Crippen molar-refractivity contribution >= 4 is 16.9 Å². The second kappa shape index (κ2) is 6.13. The number of carbonyl (C=O) groups is 1. The normalized spacial score (nSPS) is 12.2. The molecule has 0 bridgehead atoms. The zero-order chi connectivity index (χ0) is 20.3. The predicted octanol–water partition coefficient (Wildman–Crippen LogP) is 1.89. The van der Waals surface area contributed by atoms with E-state index in [1.807, 2.05) is 30.3 Å². The minimum absolute atomic E-state index is 0.0182. The molecule has 7 heteroatoms. The van der Waals surface area contributed by atoms with Gasteiger partial charge in [0, 0.05) is 19.7 Å². The molecule has 0 amide bonds. The van der Waals surface area contributed by atoms with Gasteiger partial charge in [0.05, 0.1) is 12.9 Å². The van der Waals surface area contributed by atoms with Gasteiger partial charge in [0.25, 0.3) is 5.56 Å². The molecule has 0 radical (unpaired) electrons. The summed E-state index contributed by atoms with van der Waals surface area (Å²) in [6.45, 7) is -0.0182. The molecule has 2 aromatic carbocycles. The Morgan fingerprint density at radius 3 is 2.59 bits per heavy atom. The average Bonchev–Trinajstić information content (AvgIpc) is 3.31. The number of imidazole rings is 1. The van der Waals surface area contributed by atoms with Crippen LogP contribution in [0.4, 0.5) is 0 Å². The summed E-state index contributed by atoms with van der Waals surface area (Å²) in [4.78, 5) is 41.7. The maximum atomic E-state index is 13.0. The van der Waals surface area contributed by atoms with E-state index >= 15 is 0 Å². The van der Waals surface area contributed by atoms with E-state index in [9.17, 15) is 14.4 Å². The van der Waals surface area contributed by atoms with E-state index in [1.54, 1.807) is 7.05 Å². The molecule has 2 aromatic heterocycles. The lowest BCUT2D eigenvalue weighted by atomic mass is 10.0. The molecule has 0 fully saturated rings. The number of benzene rings is 2. The van der Waals surface area contributed by atoms with Crippen molar-refractivity contribution in [2.45, 2.75) is 13.0 Å². The number of aromatic nitrogens is 4. The van der Waals surface area contributed by atoms with Crippen molar-refractivity contribution in [1.29, 1.82) is 0 Å². The first kappa shape index (κ1) is 17.4. The average molecular weight is 386 g/mol. The lowest BCUT2D eigenvalue weighted by molar-refractivity contribution is 0.0973. The Balaban J connectivity index is 1.52. The van der Waals surface area contributed by atoms with E-state index in [1.165, 1.54) is 33.6 Å². The topological polar surface area (TPSA) is 78.9 Å². The highest BCUT2D eigenvalue weighted by Gasteiger charge is 2.21. The smallest absolute Gasteiger partial charge is 0.317 e. The molecule has 5 rings (SSSR count). The Morgan fingerprint density at radius 2 is 1.76 bits per heavy atom. The zero-order valence-electron chi connectivity index (χ0n) is 16.0. The molecule has 0 aliphatic heterocycles. The Kier molecular flexibility index (Phi) is 3.67. The van der Waals surface area contributed by atoms with Crippen LogP contribution in [-0.4, -0.2) is 24.5 Å². The summed E-state index contributed by atoms with van der Waals surface area (Å²) in [5.41, 5.74) is 4.98. The molecule has 144 valence electrons. The quantitative estimate of drug-likeness (QED) is 0.444. The Morgan fingerprint density at radius 1 is 1.00 bits per heavy atom. The van der Waals surface area contributed by atoms with Crippen LogP contribution >= 0.6 is 0 Å². The SMILES string of the molecule is Cn1c(=O)c2c(ncn2CC(=O)c2ccc3c(c2)Cc2ccccc2-3)n(C)c1=O. The maximum Gasteiger partial charge on any atom is 0.332 e. The number of Topliss-reactive ketones (excluding diaryl/α,β-unsaturated/α-hetero) is 1. The Labute approximate surface area is 165 Å². The summed E-state index contributed by atoms with van der Waals surface area (Å²) < 4.78 is 3.85. The Bertz CT molecular complexity index is 1440. The molecule has 29 heavy (non-hydrogen) atoms. The molecule has 0 saturated heterocycles. The highest BCUT2D eigenvalue weighted by molar-refractivity contribution is 5.97. The number of rotatable bonds is 3. The predicted molar refractivity (Wildman–Crippen MR) is 109 cm³/mol. The van der Waals surface area contributed by atoms with Gasteiger partial charge in [0.2, 0.25) is 0 Å². The molecule has 4 aromatic rings. The lowest BCUT2D eigenvalue weighted by Crippen LogP contribution is -2.37. The molecule has 0 atom stereocenters. The van der Waals surface area contributed by atoms with Crippen molar-refractivity contribution in [3.8, 4) is 11.1 Å². The van der Waals surface area contributed by atoms with Crippen molar-refractivity contribution in [2.24, 2.45) is 14.1 Å². The van der Waals surface area contributed by atoms with Gasteiger partial charge in [-0.25, -0.2) is 9.78 Å². The first-order valence-electron chi connectivity index (χ1n) is 9.31. The van der Waals surface area contributed by atoms with E-state index < -0.39 is 11.2 Å². The first-order valence-corrected chi connectivity index (χ1v) is 9.31. The number of hydrogen-bond acceptors (Lipinski definition) is 4. The molecule has 0 N–H and O–H groups in total. The molecule has 2 heterocycles. The van der Waals surface area contributed by atoms with Crippen LogP contribution in [0.25, 0.3) is 22.3 Å². The van der Waals surface area contributed by atoms with Crippen LogP contribution in [0.3, 0.4) is 0 Å². The molecular weight excluding hydrogens is 368 g/mol. The second-order valence-corrected chi connectivity index (χ2v) is 7.38. The van der Waals surface area contributed by atoms with Gasteiger partial charge in [-0.1, -0.05) is 36.4 Å². The van der Waals surface area contributed by atoms with Crippen molar-refractivity contribution in [2.75, 3.05) is 0 Å². The van der Waals surface area contributed by atoms with Gasteiger partial charge in [0.15, 0.2) is 16.9 Å². The van der Waals surface area contributed by atoms with Crippen molar-refractivity contribution in [3.63, 3.8) is 0 Å². The molecule has 1 aliphatic carbocycles. The molecule has 1 aliphatic rings. The molecule has 0 unspecified atom stereocenters. The number of hydrogen-bond donors (Lipinski definition) is 0. The first-order chi connectivity index (χ1) is 14.0. The molecule has 0 spiro atoms. The fraction of sp³-hybridized carbons (Fsp3) is 0.182. The van der Waals surface area contributed by atoms with Crippen LogP contribution in [0, 0.1) is 0 Å². The van der Waals surface area contributed by atoms with E-state index in [0.717, 1.165) is 22.1 Å². The third-order valence-electron chi connectivity index (χ3n) is 5.65. The van der Waals surface area contributed by atoms with Gasteiger partial charge in [-0.15, -0.1) is 0 Å². The standard InChI is InChI=1S/C22H18N4O3/c1-24-20-19(21(28)25(2)22(24)29)26(12-23-20)11-18(27)14-7-8-17-15(10-14)9-13-5-3-4-6-16(13)17/h3-8,10,12H,9,11H2,1-2H3. The van der Waals surface area contributed by atoms with Gasteiger partial charge in [-0.2, -0.15) is 0 Å². The molecule has 7 nitrogen and oxygen atoms in total. The van der Waals surface area contributed by atoms with Gasteiger partial charge in [-0.05, 0) is 34.7 Å². The van der Waals surface area contributed by atoms with Crippen molar-refractivity contribution in [3.05, 3.63) is 86.3 Å². The van der Waals surface area contributed by atoms with E-state index in [0.29, 0.717) is 5.56 Å². The summed E-state index contributed by atoms with van der Waals surface area (Å²) >= 11 is 0. The van der Waals surface area contributed by atoms with Gasteiger partial charge >= 0.3 is 5.69 Å². The van der Waals surface area contributed by atoms with E-state index in [-0.39, 0.29) is 23.5 Å². The summed E-state index contributed by atoms with van der Waals surface area (Å²) in [5.74, 6) is -0.112. The minimum Gasteiger partial charge on any atom is -0.317 e. The second-order valence-electron chi connectivity index (χ2n) is 7.38. The summed E-state index contributed by atoms with van der Waals surface area (Å²) in [7, 11) is 2.98. The minimum atomic E-state index is -0.460.